The summed E-state index contributed by atoms with van der Waals surface area (Å²) in [6, 6.07) is 12.5. The normalized spacial score (nSPS) is 16.3. The predicted molar refractivity (Wildman–Crippen MR) is 113 cm³/mol. The summed E-state index contributed by atoms with van der Waals surface area (Å²) in [5, 5.41) is 13.4. The molecule has 0 fully saturated rings. The van der Waals surface area contributed by atoms with Crippen LogP contribution < -0.4 is 5.73 Å². The van der Waals surface area contributed by atoms with Crippen LogP contribution in [-0.2, 0) is 5.60 Å². The van der Waals surface area contributed by atoms with Crippen LogP contribution in [0.2, 0.25) is 15.1 Å². The zero-order valence-corrected chi connectivity index (χ0v) is 17.6. The highest BCUT2D eigenvalue weighted by molar-refractivity contribution is 6.35. The largest absolute Gasteiger partial charge is 0.380 e. The molecule has 0 heterocycles. The summed E-state index contributed by atoms with van der Waals surface area (Å²) in [5.74, 6) is -0.322. The van der Waals surface area contributed by atoms with Crippen molar-refractivity contribution in [1.29, 1.82) is 0 Å². The van der Waals surface area contributed by atoms with Crippen LogP contribution in [0.4, 0.5) is 0 Å². The van der Waals surface area contributed by atoms with Crippen LogP contribution in [0.5, 0.6) is 0 Å². The lowest BCUT2D eigenvalue weighted by Gasteiger charge is -2.43. The van der Waals surface area contributed by atoms with Gasteiger partial charge in [0.1, 0.15) is 5.60 Å². The minimum absolute atomic E-state index is 0.322. The van der Waals surface area contributed by atoms with E-state index in [0.29, 0.717) is 20.6 Å². The van der Waals surface area contributed by atoms with Gasteiger partial charge in [0, 0.05) is 32.1 Å². The van der Waals surface area contributed by atoms with E-state index < -0.39 is 11.1 Å². The zero-order valence-electron chi connectivity index (χ0n) is 15.4. The Kier molecular flexibility index (Phi) is 6.48. The van der Waals surface area contributed by atoms with Crippen molar-refractivity contribution in [2.24, 2.45) is 11.7 Å². The lowest BCUT2D eigenvalue weighted by Crippen LogP contribution is -2.51. The number of aliphatic hydroxyl groups is 1. The highest BCUT2D eigenvalue weighted by atomic mass is 35.5. The fraction of sp³-hybridized carbons (Fsp3) is 0.333. The molecule has 26 heavy (non-hydrogen) atoms. The number of nitrogens with two attached hydrogens (primary N) is 1. The second-order valence-electron chi connectivity index (χ2n) is 7.31. The molecule has 140 valence electrons. The molecular weight excluding hydrogens is 389 g/mol. The van der Waals surface area contributed by atoms with E-state index >= 15 is 0 Å². The molecule has 2 nitrogen and oxygen atoms in total. The maximum absolute atomic E-state index is 11.8. The molecule has 0 aromatic heterocycles. The molecule has 2 aromatic rings. The molecule has 2 aromatic carbocycles. The van der Waals surface area contributed by atoms with Crippen molar-refractivity contribution in [3.8, 4) is 0 Å². The molecule has 0 bridgehead atoms. The second-order valence-corrected chi connectivity index (χ2v) is 8.59. The van der Waals surface area contributed by atoms with Crippen molar-refractivity contribution in [2.75, 3.05) is 0 Å². The van der Waals surface area contributed by atoms with Gasteiger partial charge in [-0.25, -0.2) is 0 Å². The Bertz CT molecular complexity index is 809. The summed E-state index contributed by atoms with van der Waals surface area (Å²) in [7, 11) is 0. The van der Waals surface area contributed by atoms with Crippen LogP contribution in [0.25, 0.3) is 6.08 Å². The number of benzene rings is 2. The van der Waals surface area contributed by atoms with Crippen molar-refractivity contribution in [3.63, 3.8) is 0 Å². The fourth-order valence-corrected chi connectivity index (χ4v) is 3.72. The predicted octanol–water partition coefficient (Wildman–Crippen LogP) is 6.31. The van der Waals surface area contributed by atoms with Gasteiger partial charge in [-0.05, 0) is 56.2 Å². The monoisotopic (exact) mass is 411 g/mol. The van der Waals surface area contributed by atoms with E-state index in [1.54, 1.807) is 18.2 Å². The third-order valence-corrected chi connectivity index (χ3v) is 5.74. The Morgan fingerprint density at radius 3 is 2.08 bits per heavy atom. The van der Waals surface area contributed by atoms with Crippen molar-refractivity contribution < 1.29 is 5.11 Å². The van der Waals surface area contributed by atoms with Gasteiger partial charge in [-0.2, -0.15) is 0 Å². The highest BCUT2D eigenvalue weighted by Gasteiger charge is 2.44. The van der Waals surface area contributed by atoms with Crippen molar-refractivity contribution in [1.82, 2.24) is 0 Å². The molecule has 0 spiro atoms. The Morgan fingerprint density at radius 1 is 1.04 bits per heavy atom. The van der Waals surface area contributed by atoms with Crippen LogP contribution >= 0.6 is 34.8 Å². The van der Waals surface area contributed by atoms with Gasteiger partial charge in [-0.1, -0.05) is 66.0 Å². The zero-order chi connectivity index (χ0) is 19.7. The molecule has 0 saturated heterocycles. The second kappa shape index (κ2) is 7.92. The smallest absolute Gasteiger partial charge is 0.116 e. The molecule has 0 radical (unpaired) electrons. The van der Waals surface area contributed by atoms with Crippen LogP contribution in [0, 0.1) is 5.92 Å². The first-order chi connectivity index (χ1) is 12.0. The molecule has 2 unspecified atom stereocenters. The summed E-state index contributed by atoms with van der Waals surface area (Å²) in [4.78, 5) is 0. The minimum atomic E-state index is -1.36. The minimum Gasteiger partial charge on any atom is -0.380 e. The summed E-state index contributed by atoms with van der Waals surface area (Å²) >= 11 is 18.5. The summed E-state index contributed by atoms with van der Waals surface area (Å²) < 4.78 is 0. The van der Waals surface area contributed by atoms with Gasteiger partial charge in [0.2, 0.25) is 0 Å². The van der Waals surface area contributed by atoms with Crippen LogP contribution in [0.15, 0.2) is 48.0 Å². The molecule has 0 amide bonds. The molecule has 0 aliphatic rings. The Morgan fingerprint density at radius 2 is 1.58 bits per heavy atom. The first kappa shape index (κ1) is 21.3. The van der Waals surface area contributed by atoms with Gasteiger partial charge >= 0.3 is 0 Å². The SMILES string of the molecule is CC(=Cc1ccc(Cl)cc1)C(O)(c1ccc(Cl)cc1Cl)C(C)C(C)(C)N. The Labute approximate surface area is 170 Å². The molecule has 0 saturated carbocycles. The first-order valence-corrected chi connectivity index (χ1v) is 9.50. The lowest BCUT2D eigenvalue weighted by atomic mass is 9.69. The van der Waals surface area contributed by atoms with Gasteiger partial charge in [-0.15, -0.1) is 0 Å². The molecule has 5 heteroatoms. The van der Waals surface area contributed by atoms with Crippen LogP contribution in [-0.4, -0.2) is 10.6 Å². The number of hydrogen-bond acceptors (Lipinski definition) is 2. The molecule has 2 atom stereocenters. The van der Waals surface area contributed by atoms with E-state index in [4.69, 9.17) is 40.5 Å². The van der Waals surface area contributed by atoms with Crippen molar-refractivity contribution in [3.05, 3.63) is 74.2 Å². The van der Waals surface area contributed by atoms with E-state index in [2.05, 4.69) is 0 Å². The third kappa shape index (κ3) is 4.44. The highest BCUT2D eigenvalue weighted by Crippen LogP contribution is 2.44. The standard InChI is InChI=1S/C21H24Cl3NO/c1-13(11-15-5-7-16(22)8-6-15)21(26,14(2)20(3,4)25)18-10-9-17(23)12-19(18)24/h5-12,14,26H,25H2,1-4H3. The van der Waals surface area contributed by atoms with Crippen molar-refractivity contribution >= 4 is 40.9 Å². The van der Waals surface area contributed by atoms with E-state index in [1.807, 2.05) is 58.0 Å². The molecule has 0 aliphatic carbocycles. The third-order valence-electron chi connectivity index (χ3n) is 4.94. The van der Waals surface area contributed by atoms with Crippen LogP contribution in [0.3, 0.4) is 0 Å². The average Bonchev–Trinajstić information content (AvgIpc) is 2.54. The van der Waals surface area contributed by atoms with Gasteiger partial charge in [0.25, 0.3) is 0 Å². The first-order valence-electron chi connectivity index (χ1n) is 8.37. The van der Waals surface area contributed by atoms with Gasteiger partial charge in [0.15, 0.2) is 0 Å². The van der Waals surface area contributed by atoms with Gasteiger partial charge in [-0.3, -0.25) is 0 Å². The van der Waals surface area contributed by atoms with E-state index in [-0.39, 0.29) is 5.92 Å². The fourth-order valence-electron chi connectivity index (χ4n) is 3.04. The Balaban J connectivity index is 2.65. The molecule has 0 aliphatic heterocycles. The lowest BCUT2D eigenvalue weighted by molar-refractivity contribution is -0.00706. The topological polar surface area (TPSA) is 46.2 Å². The summed E-state index contributed by atoms with van der Waals surface area (Å²) in [6.07, 6.45) is 1.92. The van der Waals surface area contributed by atoms with Gasteiger partial charge in [0.05, 0.1) is 0 Å². The summed E-state index contributed by atoms with van der Waals surface area (Å²) in [6.45, 7) is 7.58. The van der Waals surface area contributed by atoms with Crippen molar-refractivity contribution in [2.45, 2.75) is 38.8 Å². The number of rotatable bonds is 5. The molecule has 3 N–H and O–H groups in total. The number of hydrogen-bond donors (Lipinski definition) is 2. The molecule has 2 rings (SSSR count). The summed E-state index contributed by atoms with van der Waals surface area (Å²) in [5.41, 5.74) is 6.59. The van der Waals surface area contributed by atoms with Gasteiger partial charge < -0.3 is 10.8 Å². The average molecular weight is 413 g/mol. The Hall–Kier alpha value is -1.03. The van der Waals surface area contributed by atoms with E-state index in [9.17, 15) is 5.11 Å². The quantitative estimate of drug-likeness (QED) is 0.604. The molecular formula is C21H24Cl3NO. The maximum Gasteiger partial charge on any atom is 0.116 e. The maximum atomic E-state index is 11.8. The van der Waals surface area contributed by atoms with E-state index in [0.717, 1.165) is 11.1 Å². The van der Waals surface area contributed by atoms with Crippen LogP contribution in [0.1, 0.15) is 38.8 Å². The number of halogens is 3. The van der Waals surface area contributed by atoms with E-state index in [1.165, 1.54) is 0 Å².